The highest BCUT2D eigenvalue weighted by atomic mass is 32.3. The zero-order valence-corrected chi connectivity index (χ0v) is 19.1. The van der Waals surface area contributed by atoms with Crippen molar-refractivity contribution in [3.63, 3.8) is 0 Å². The first-order valence-electron chi connectivity index (χ1n) is 9.52. The van der Waals surface area contributed by atoms with Gasteiger partial charge in [0.25, 0.3) is 0 Å². The summed E-state index contributed by atoms with van der Waals surface area (Å²) in [6.45, 7) is -0.673. The minimum absolute atomic E-state index is 0.0394. The summed E-state index contributed by atoms with van der Waals surface area (Å²) in [6.07, 6.45) is -9.12. The van der Waals surface area contributed by atoms with Crippen molar-refractivity contribution < 1.29 is 64.9 Å². The normalized spacial score (nSPS) is 38.5. The van der Waals surface area contributed by atoms with Gasteiger partial charge in [-0.15, -0.1) is 0 Å². The lowest BCUT2D eigenvalue weighted by atomic mass is 9.96. The molecule has 0 aliphatic carbocycles. The maximum Gasteiger partial charge on any atom is 0.397 e. The van der Waals surface area contributed by atoms with Gasteiger partial charge in [-0.2, -0.15) is 8.42 Å². The summed E-state index contributed by atoms with van der Waals surface area (Å²) in [5.74, 6) is -1.29. The Morgan fingerprint density at radius 2 is 1.50 bits per heavy atom. The molecule has 9 unspecified atom stereocenters. The Balaban J connectivity index is 2.34. The quantitative estimate of drug-likeness (QED) is 0.319. The van der Waals surface area contributed by atoms with Crippen molar-refractivity contribution in [2.45, 2.75) is 55.1 Å². The van der Waals surface area contributed by atoms with Gasteiger partial charge in [0.1, 0.15) is 42.7 Å². The molecule has 2 aliphatic rings. The van der Waals surface area contributed by atoms with E-state index in [0.29, 0.717) is 0 Å². The monoisotopic (exact) mass is 490 g/mol. The molecule has 188 valence electrons. The number of ether oxygens (including phenoxy) is 8. The van der Waals surface area contributed by atoms with E-state index < -0.39 is 78.1 Å². The molecular weight excluding hydrogens is 460 g/mol. The van der Waals surface area contributed by atoms with Crippen molar-refractivity contribution in [1.29, 1.82) is 0 Å². The van der Waals surface area contributed by atoms with Crippen LogP contribution in [0.2, 0.25) is 0 Å². The van der Waals surface area contributed by atoms with Gasteiger partial charge in [-0.1, -0.05) is 0 Å². The second kappa shape index (κ2) is 11.9. The van der Waals surface area contributed by atoms with Gasteiger partial charge in [0, 0.05) is 35.5 Å². The third-order valence-corrected chi connectivity index (χ3v) is 5.76. The standard InChI is InChI=1S/C17H30O14S/c1-23-8-6-28-14(16(18)19)13(10(8)24-2)31-17-15(27-5)12(26-4)11(25-3)9(30-17)7-29-32(20,21)22/h8-15,17H,6-7H2,1-5H3,(H,18,19)(H,20,21,22). The SMILES string of the molecule is COC1COC(C(=O)O)C(OC2OC(COS(=O)(=O)O)C(OC)C(OC)C2OC)C1OC. The molecule has 2 rings (SSSR count). The van der Waals surface area contributed by atoms with Gasteiger partial charge >= 0.3 is 16.4 Å². The number of carboxylic acid groups (broad SMARTS) is 1. The molecule has 15 heteroatoms. The van der Waals surface area contributed by atoms with Crippen molar-refractivity contribution in [1.82, 2.24) is 0 Å². The molecule has 2 heterocycles. The average molecular weight is 490 g/mol. The van der Waals surface area contributed by atoms with E-state index in [-0.39, 0.29) is 6.61 Å². The van der Waals surface area contributed by atoms with Crippen LogP contribution >= 0.6 is 0 Å². The number of hydrogen-bond acceptors (Lipinski definition) is 12. The van der Waals surface area contributed by atoms with Crippen LogP contribution in [0.3, 0.4) is 0 Å². The van der Waals surface area contributed by atoms with Gasteiger partial charge in [0.2, 0.25) is 0 Å². The molecule has 2 N–H and O–H groups in total. The highest BCUT2D eigenvalue weighted by Gasteiger charge is 2.52. The summed E-state index contributed by atoms with van der Waals surface area (Å²) in [5.41, 5.74) is 0. The Hall–Kier alpha value is -0.980. The van der Waals surface area contributed by atoms with E-state index in [1.807, 2.05) is 0 Å². The summed E-state index contributed by atoms with van der Waals surface area (Å²) in [4.78, 5) is 11.8. The minimum atomic E-state index is -4.77. The van der Waals surface area contributed by atoms with E-state index >= 15 is 0 Å². The number of carbonyl (C=O) groups is 1. The fraction of sp³-hybridized carbons (Fsp3) is 0.941. The van der Waals surface area contributed by atoms with Crippen molar-refractivity contribution in [2.75, 3.05) is 48.8 Å². The molecular formula is C17H30O14S. The first-order chi connectivity index (χ1) is 15.1. The molecule has 14 nitrogen and oxygen atoms in total. The van der Waals surface area contributed by atoms with E-state index in [1.54, 1.807) is 0 Å². The summed E-state index contributed by atoms with van der Waals surface area (Å²) in [5, 5.41) is 9.60. The Morgan fingerprint density at radius 1 is 0.906 bits per heavy atom. The van der Waals surface area contributed by atoms with Gasteiger partial charge in [-0.05, 0) is 0 Å². The Labute approximate surface area is 185 Å². The van der Waals surface area contributed by atoms with Gasteiger partial charge in [-0.25, -0.2) is 8.98 Å². The Bertz CT molecular complexity index is 701. The number of hydrogen-bond donors (Lipinski definition) is 2. The number of carboxylic acids is 1. The third kappa shape index (κ3) is 6.32. The molecule has 0 radical (unpaired) electrons. The molecule has 0 saturated carbocycles. The Morgan fingerprint density at radius 3 is 1.97 bits per heavy atom. The van der Waals surface area contributed by atoms with Gasteiger partial charge in [-0.3, -0.25) is 4.55 Å². The highest BCUT2D eigenvalue weighted by Crippen LogP contribution is 2.32. The van der Waals surface area contributed by atoms with Crippen LogP contribution in [-0.2, 0) is 57.3 Å². The van der Waals surface area contributed by atoms with Crippen LogP contribution in [0.25, 0.3) is 0 Å². The van der Waals surface area contributed by atoms with Crippen LogP contribution in [-0.4, -0.2) is 128 Å². The fourth-order valence-electron chi connectivity index (χ4n) is 3.85. The molecule has 9 atom stereocenters. The number of aliphatic carboxylic acids is 1. The molecule has 2 fully saturated rings. The molecule has 0 aromatic rings. The molecule has 32 heavy (non-hydrogen) atoms. The molecule has 2 aliphatic heterocycles. The Kier molecular flexibility index (Phi) is 10.2. The van der Waals surface area contributed by atoms with E-state index in [4.69, 9.17) is 42.4 Å². The van der Waals surface area contributed by atoms with Crippen LogP contribution in [0.4, 0.5) is 0 Å². The number of rotatable bonds is 11. The summed E-state index contributed by atoms with van der Waals surface area (Å²) < 4.78 is 79.7. The summed E-state index contributed by atoms with van der Waals surface area (Å²) >= 11 is 0. The van der Waals surface area contributed by atoms with E-state index in [0.717, 1.165) is 0 Å². The first-order valence-corrected chi connectivity index (χ1v) is 10.9. The van der Waals surface area contributed by atoms with Crippen molar-refractivity contribution >= 4 is 16.4 Å². The van der Waals surface area contributed by atoms with Gasteiger partial charge in [0.15, 0.2) is 12.4 Å². The predicted octanol–water partition coefficient (Wildman–Crippen LogP) is -1.53. The van der Waals surface area contributed by atoms with Crippen LogP contribution < -0.4 is 0 Å². The molecule has 0 amide bonds. The van der Waals surface area contributed by atoms with Crippen LogP contribution in [0.15, 0.2) is 0 Å². The lowest BCUT2D eigenvalue weighted by molar-refractivity contribution is -0.342. The minimum Gasteiger partial charge on any atom is -0.479 e. The topological polar surface area (TPSA) is 175 Å². The van der Waals surface area contributed by atoms with E-state index in [1.165, 1.54) is 35.5 Å². The lowest BCUT2D eigenvalue weighted by Gasteiger charge is -2.47. The zero-order chi connectivity index (χ0) is 24.1. The first kappa shape index (κ1) is 27.3. The van der Waals surface area contributed by atoms with E-state index in [2.05, 4.69) is 4.18 Å². The molecule has 0 aromatic carbocycles. The summed E-state index contributed by atoms with van der Waals surface area (Å²) in [6, 6.07) is 0. The van der Waals surface area contributed by atoms with Gasteiger partial charge in [0.05, 0.1) is 13.2 Å². The van der Waals surface area contributed by atoms with Crippen LogP contribution in [0, 0.1) is 0 Å². The second-order valence-corrected chi connectivity index (χ2v) is 8.11. The maximum absolute atomic E-state index is 11.8. The van der Waals surface area contributed by atoms with Crippen LogP contribution in [0.1, 0.15) is 0 Å². The zero-order valence-electron chi connectivity index (χ0n) is 18.3. The predicted molar refractivity (Wildman–Crippen MR) is 102 cm³/mol. The average Bonchev–Trinajstić information content (AvgIpc) is 2.75. The fourth-order valence-corrected chi connectivity index (χ4v) is 4.16. The molecule has 2 saturated heterocycles. The van der Waals surface area contributed by atoms with Gasteiger partial charge < -0.3 is 43.0 Å². The van der Waals surface area contributed by atoms with E-state index in [9.17, 15) is 18.3 Å². The lowest BCUT2D eigenvalue weighted by Crippen LogP contribution is -2.65. The number of methoxy groups -OCH3 is 5. The second-order valence-electron chi connectivity index (χ2n) is 7.02. The molecule has 0 spiro atoms. The van der Waals surface area contributed by atoms with Crippen molar-refractivity contribution in [3.05, 3.63) is 0 Å². The smallest absolute Gasteiger partial charge is 0.397 e. The largest absolute Gasteiger partial charge is 0.479 e. The molecule has 0 bridgehead atoms. The van der Waals surface area contributed by atoms with Crippen molar-refractivity contribution in [2.24, 2.45) is 0 Å². The van der Waals surface area contributed by atoms with Crippen LogP contribution in [0.5, 0.6) is 0 Å². The van der Waals surface area contributed by atoms with Crippen molar-refractivity contribution in [3.8, 4) is 0 Å². The highest BCUT2D eigenvalue weighted by molar-refractivity contribution is 7.80. The maximum atomic E-state index is 11.8. The third-order valence-electron chi connectivity index (χ3n) is 5.33. The summed E-state index contributed by atoms with van der Waals surface area (Å²) in [7, 11) is 2.08. The molecule has 0 aromatic heterocycles.